The van der Waals surface area contributed by atoms with E-state index in [0.29, 0.717) is 0 Å². The predicted molar refractivity (Wildman–Crippen MR) is 46.0 cm³/mol. The summed E-state index contributed by atoms with van der Waals surface area (Å²) in [4.78, 5) is 25.7. The molecule has 0 aliphatic rings. The third-order valence-electron chi connectivity index (χ3n) is 1.20. The summed E-state index contributed by atoms with van der Waals surface area (Å²) in [6.07, 6.45) is 0. The molecule has 0 fully saturated rings. The highest BCUT2D eigenvalue weighted by Gasteiger charge is 2.09. The summed E-state index contributed by atoms with van der Waals surface area (Å²) >= 11 is 0. The lowest BCUT2D eigenvalue weighted by atomic mass is 10.4. The molecule has 0 amide bonds. The van der Waals surface area contributed by atoms with Gasteiger partial charge in [-0.3, -0.25) is 14.4 Å². The predicted octanol–water partition coefficient (Wildman–Crippen LogP) is -1.22. The molecule has 0 aliphatic carbocycles. The van der Waals surface area contributed by atoms with Crippen LogP contribution >= 0.6 is 0 Å². The summed E-state index contributed by atoms with van der Waals surface area (Å²) in [6, 6.07) is -0.719. The smallest absolute Gasteiger partial charge is 0.324 e. The fraction of sp³-hybridized carbons (Fsp3) is 0.714. The highest BCUT2D eigenvalue weighted by atomic mass is 16.8. The number of carbonyl (C=O) groups excluding carboxylic acids is 1. The Bertz CT molecular complexity index is 206. The molecule has 7 nitrogen and oxygen atoms in total. The van der Waals surface area contributed by atoms with E-state index in [0.717, 1.165) is 5.06 Å². The maximum atomic E-state index is 10.8. The molecule has 0 unspecified atom stereocenters. The number of carboxylic acid groups (broad SMARTS) is 1. The van der Waals surface area contributed by atoms with Gasteiger partial charge in [0.15, 0.2) is 0 Å². The fourth-order valence-corrected chi connectivity index (χ4v) is 0.542. The van der Waals surface area contributed by atoms with Gasteiger partial charge in [0.05, 0.1) is 0 Å². The van der Waals surface area contributed by atoms with Crippen molar-refractivity contribution in [1.29, 1.82) is 0 Å². The van der Waals surface area contributed by atoms with E-state index in [-0.39, 0.29) is 13.3 Å². The molecule has 0 aliphatic heterocycles. The fourth-order valence-electron chi connectivity index (χ4n) is 0.542. The SMILES string of the molecule is C[C@H](N)C(=O)OCON(C)CC(=O)O. The maximum Gasteiger partial charge on any atom is 0.324 e. The van der Waals surface area contributed by atoms with Crippen LogP contribution in [0.1, 0.15) is 6.92 Å². The summed E-state index contributed by atoms with van der Waals surface area (Å²) in [5.41, 5.74) is 5.20. The molecule has 0 saturated heterocycles. The van der Waals surface area contributed by atoms with Crippen LogP contribution in [0.25, 0.3) is 0 Å². The molecule has 1 atom stereocenters. The van der Waals surface area contributed by atoms with Crippen molar-refractivity contribution in [2.24, 2.45) is 5.73 Å². The molecule has 82 valence electrons. The van der Waals surface area contributed by atoms with Crippen molar-refractivity contribution in [2.45, 2.75) is 13.0 Å². The maximum absolute atomic E-state index is 10.8. The van der Waals surface area contributed by atoms with Crippen LogP contribution < -0.4 is 5.73 Å². The molecular formula is C7H14N2O5. The Morgan fingerprint density at radius 2 is 2.14 bits per heavy atom. The molecule has 0 rings (SSSR count). The molecule has 0 saturated carbocycles. The average molecular weight is 206 g/mol. The molecule has 7 heteroatoms. The standard InChI is InChI=1S/C7H14N2O5/c1-5(8)7(12)13-4-14-9(2)3-6(10)11/h5H,3-4,8H2,1-2H3,(H,10,11)/t5-/m0/s1. The van der Waals surface area contributed by atoms with E-state index in [1.54, 1.807) is 0 Å². The normalized spacial score (nSPS) is 12.6. The van der Waals surface area contributed by atoms with Crippen LogP contribution in [0.4, 0.5) is 0 Å². The first-order valence-corrected chi connectivity index (χ1v) is 3.91. The van der Waals surface area contributed by atoms with Gasteiger partial charge in [0.1, 0.15) is 12.6 Å². The Hall–Kier alpha value is -1.18. The van der Waals surface area contributed by atoms with Crippen molar-refractivity contribution in [3.05, 3.63) is 0 Å². The Kier molecular flexibility index (Phi) is 5.77. The lowest BCUT2D eigenvalue weighted by Crippen LogP contribution is -2.32. The second-order valence-electron chi connectivity index (χ2n) is 2.68. The van der Waals surface area contributed by atoms with Crippen LogP contribution in [0.3, 0.4) is 0 Å². The summed E-state index contributed by atoms with van der Waals surface area (Å²) < 4.78 is 4.53. The van der Waals surface area contributed by atoms with E-state index in [9.17, 15) is 9.59 Å². The van der Waals surface area contributed by atoms with Gasteiger partial charge in [0.2, 0.25) is 6.79 Å². The zero-order chi connectivity index (χ0) is 11.1. The number of ether oxygens (including phenoxy) is 1. The molecule has 0 heterocycles. The van der Waals surface area contributed by atoms with Gasteiger partial charge in [0, 0.05) is 7.05 Å². The zero-order valence-corrected chi connectivity index (χ0v) is 8.10. The van der Waals surface area contributed by atoms with Crippen molar-refractivity contribution in [1.82, 2.24) is 5.06 Å². The molecule has 0 aromatic carbocycles. The molecule has 0 radical (unpaired) electrons. The molecule has 3 N–H and O–H groups in total. The van der Waals surface area contributed by atoms with Crippen LogP contribution in [0.2, 0.25) is 0 Å². The van der Waals surface area contributed by atoms with Gasteiger partial charge < -0.3 is 15.6 Å². The zero-order valence-electron chi connectivity index (χ0n) is 8.10. The highest BCUT2D eigenvalue weighted by Crippen LogP contribution is 1.88. The Morgan fingerprint density at radius 3 is 2.57 bits per heavy atom. The first-order valence-electron chi connectivity index (χ1n) is 3.91. The quantitative estimate of drug-likeness (QED) is 0.319. The van der Waals surface area contributed by atoms with E-state index in [1.165, 1.54) is 14.0 Å². The van der Waals surface area contributed by atoms with E-state index < -0.39 is 18.0 Å². The van der Waals surface area contributed by atoms with Crippen LogP contribution in [-0.2, 0) is 19.2 Å². The number of rotatable bonds is 6. The van der Waals surface area contributed by atoms with Gasteiger partial charge >= 0.3 is 11.9 Å². The number of aliphatic carboxylic acids is 1. The molecule has 0 bridgehead atoms. The summed E-state index contributed by atoms with van der Waals surface area (Å²) in [5.74, 6) is -1.64. The minimum atomic E-state index is -1.04. The average Bonchev–Trinajstić information content (AvgIpc) is 2.02. The van der Waals surface area contributed by atoms with E-state index in [4.69, 9.17) is 15.7 Å². The van der Waals surface area contributed by atoms with Gasteiger partial charge in [0.25, 0.3) is 0 Å². The van der Waals surface area contributed by atoms with Crippen molar-refractivity contribution < 1.29 is 24.3 Å². The van der Waals surface area contributed by atoms with Crippen LogP contribution in [0, 0.1) is 0 Å². The Morgan fingerprint density at radius 1 is 1.57 bits per heavy atom. The van der Waals surface area contributed by atoms with Crippen molar-refractivity contribution in [3.63, 3.8) is 0 Å². The number of nitrogens with zero attached hydrogens (tertiary/aromatic N) is 1. The van der Waals surface area contributed by atoms with Crippen molar-refractivity contribution in [2.75, 3.05) is 20.4 Å². The number of nitrogens with two attached hydrogens (primary N) is 1. The topological polar surface area (TPSA) is 102 Å². The number of likely N-dealkylation sites (N-methyl/N-ethyl adjacent to an activating group) is 1. The molecule has 0 aromatic heterocycles. The van der Waals surface area contributed by atoms with Gasteiger partial charge in [-0.1, -0.05) is 0 Å². The molecule has 0 aromatic rings. The largest absolute Gasteiger partial charge is 0.480 e. The number of hydroxylamine groups is 2. The summed E-state index contributed by atoms with van der Waals surface area (Å²) in [7, 11) is 1.41. The summed E-state index contributed by atoms with van der Waals surface area (Å²) in [6.45, 7) is 0.836. The van der Waals surface area contributed by atoms with Crippen LogP contribution in [0.15, 0.2) is 0 Å². The first kappa shape index (κ1) is 12.8. The van der Waals surface area contributed by atoms with Crippen LogP contribution in [-0.4, -0.2) is 48.5 Å². The second kappa shape index (κ2) is 6.30. The van der Waals surface area contributed by atoms with Crippen molar-refractivity contribution >= 4 is 11.9 Å². The molecule has 14 heavy (non-hydrogen) atoms. The first-order chi connectivity index (χ1) is 6.43. The highest BCUT2D eigenvalue weighted by molar-refractivity contribution is 5.74. The minimum absolute atomic E-state index is 0.296. The molecular weight excluding hydrogens is 192 g/mol. The second-order valence-corrected chi connectivity index (χ2v) is 2.68. The van der Waals surface area contributed by atoms with E-state index in [1.807, 2.05) is 0 Å². The van der Waals surface area contributed by atoms with E-state index in [2.05, 4.69) is 4.74 Å². The lowest BCUT2D eigenvalue weighted by molar-refractivity contribution is -0.215. The minimum Gasteiger partial charge on any atom is -0.480 e. The third kappa shape index (κ3) is 6.35. The van der Waals surface area contributed by atoms with Gasteiger partial charge in [-0.05, 0) is 6.92 Å². The number of hydrogen-bond donors (Lipinski definition) is 2. The summed E-state index contributed by atoms with van der Waals surface area (Å²) in [5, 5.41) is 9.37. The Labute approximate surface area is 81.3 Å². The Balaban J connectivity index is 3.54. The third-order valence-corrected chi connectivity index (χ3v) is 1.20. The monoisotopic (exact) mass is 206 g/mol. The van der Waals surface area contributed by atoms with Crippen molar-refractivity contribution in [3.8, 4) is 0 Å². The van der Waals surface area contributed by atoms with Gasteiger partial charge in [-0.15, -0.1) is 0 Å². The number of carboxylic acids is 1. The van der Waals surface area contributed by atoms with E-state index >= 15 is 0 Å². The number of hydrogen-bond acceptors (Lipinski definition) is 6. The number of carbonyl (C=O) groups is 2. The van der Waals surface area contributed by atoms with Gasteiger partial charge in [-0.2, -0.15) is 5.06 Å². The molecule has 0 spiro atoms. The van der Waals surface area contributed by atoms with Gasteiger partial charge in [-0.25, -0.2) is 0 Å². The lowest BCUT2D eigenvalue weighted by Gasteiger charge is -2.14. The number of esters is 1. The van der Waals surface area contributed by atoms with Crippen LogP contribution in [0.5, 0.6) is 0 Å².